The highest BCUT2D eigenvalue weighted by molar-refractivity contribution is 5.50. The molecule has 1 aliphatic heterocycles. The second-order valence-corrected chi connectivity index (χ2v) is 5.72. The van der Waals surface area contributed by atoms with Crippen molar-refractivity contribution in [2.24, 2.45) is 4.99 Å². The Bertz CT molecular complexity index is 754. The lowest BCUT2D eigenvalue weighted by Gasteiger charge is -2.35. The fraction of sp³-hybridized carbons (Fsp3) is 0.316. The molecule has 0 spiro atoms. The standard InChI is InChI=1S/C19H19NO4/c1-3-22-19(2)11-10-14-4-7-17(12-18(14)24-19)23-16-8-5-15(6-9-16)20-13-21/h5-10,12H,3-4,11H2,1-2H3. The van der Waals surface area contributed by atoms with E-state index in [1.54, 1.807) is 24.3 Å². The van der Waals surface area contributed by atoms with E-state index in [0.717, 1.165) is 29.9 Å². The summed E-state index contributed by atoms with van der Waals surface area (Å²) in [5.41, 5.74) is 1.69. The third kappa shape index (κ3) is 3.65. The molecule has 0 bridgehead atoms. The van der Waals surface area contributed by atoms with Gasteiger partial charge in [-0.15, -0.1) is 0 Å². The van der Waals surface area contributed by atoms with Crippen molar-refractivity contribution in [3.8, 4) is 5.75 Å². The third-order valence-corrected chi connectivity index (χ3v) is 3.85. The van der Waals surface area contributed by atoms with Crippen LogP contribution >= 0.6 is 0 Å². The molecule has 5 heteroatoms. The van der Waals surface area contributed by atoms with Crippen LogP contribution in [0.2, 0.25) is 0 Å². The fourth-order valence-corrected chi connectivity index (χ4v) is 2.70. The van der Waals surface area contributed by atoms with Gasteiger partial charge in [-0.05, 0) is 49.3 Å². The van der Waals surface area contributed by atoms with Crippen molar-refractivity contribution < 1.29 is 19.0 Å². The topological polar surface area (TPSA) is 57.1 Å². The summed E-state index contributed by atoms with van der Waals surface area (Å²) >= 11 is 0. The molecule has 1 unspecified atom stereocenters. The quantitative estimate of drug-likeness (QED) is 0.598. The van der Waals surface area contributed by atoms with Gasteiger partial charge in [0.1, 0.15) is 17.3 Å². The summed E-state index contributed by atoms with van der Waals surface area (Å²) in [5, 5.41) is 0. The molecule has 0 saturated carbocycles. The minimum Gasteiger partial charge on any atom is -0.462 e. The summed E-state index contributed by atoms with van der Waals surface area (Å²) in [5.74, 6) is 1.55. The van der Waals surface area contributed by atoms with Crippen LogP contribution in [-0.2, 0) is 14.3 Å². The molecule has 3 rings (SSSR count). The summed E-state index contributed by atoms with van der Waals surface area (Å²) in [4.78, 5) is 13.8. The van der Waals surface area contributed by atoms with E-state index in [0.29, 0.717) is 18.0 Å². The maximum absolute atomic E-state index is 10.2. The first-order valence-electron chi connectivity index (χ1n) is 7.92. The van der Waals surface area contributed by atoms with Gasteiger partial charge in [-0.1, -0.05) is 6.08 Å². The summed E-state index contributed by atoms with van der Waals surface area (Å²) in [7, 11) is 0. The largest absolute Gasteiger partial charge is 0.462 e. The van der Waals surface area contributed by atoms with Crippen molar-refractivity contribution in [1.29, 1.82) is 0 Å². The van der Waals surface area contributed by atoms with Gasteiger partial charge in [0.15, 0.2) is 0 Å². The van der Waals surface area contributed by atoms with E-state index < -0.39 is 5.79 Å². The molecule has 2 aliphatic rings. The number of ether oxygens (including phenoxy) is 3. The normalized spacial score (nSPS) is 22.2. The molecule has 0 N–H and O–H groups in total. The molecule has 0 saturated heterocycles. The maximum Gasteiger partial charge on any atom is 0.240 e. The van der Waals surface area contributed by atoms with E-state index in [2.05, 4.69) is 11.1 Å². The molecular weight excluding hydrogens is 306 g/mol. The van der Waals surface area contributed by atoms with Crippen molar-refractivity contribution in [1.82, 2.24) is 0 Å². The van der Waals surface area contributed by atoms with Gasteiger partial charge in [0, 0.05) is 26.0 Å². The minimum absolute atomic E-state index is 0.543. The Morgan fingerprint density at radius 3 is 2.79 bits per heavy atom. The van der Waals surface area contributed by atoms with Gasteiger partial charge in [0.2, 0.25) is 11.9 Å². The molecule has 1 heterocycles. The third-order valence-electron chi connectivity index (χ3n) is 3.85. The SMILES string of the molecule is CCOC1(C)CC=C2CC=C(Oc3ccc(N=C=O)cc3)C=C2O1. The molecule has 124 valence electrons. The van der Waals surface area contributed by atoms with Gasteiger partial charge in [-0.2, -0.15) is 4.99 Å². The van der Waals surface area contributed by atoms with Crippen LogP contribution in [0.15, 0.2) is 64.6 Å². The van der Waals surface area contributed by atoms with E-state index in [1.165, 1.54) is 6.08 Å². The summed E-state index contributed by atoms with van der Waals surface area (Å²) in [6.07, 6.45) is 9.05. The van der Waals surface area contributed by atoms with Crippen molar-refractivity contribution in [3.63, 3.8) is 0 Å². The van der Waals surface area contributed by atoms with Crippen molar-refractivity contribution >= 4 is 11.8 Å². The molecule has 0 aromatic heterocycles. The Morgan fingerprint density at radius 2 is 2.08 bits per heavy atom. The van der Waals surface area contributed by atoms with E-state index in [9.17, 15) is 4.79 Å². The van der Waals surface area contributed by atoms with Crippen LogP contribution in [0.1, 0.15) is 26.7 Å². The van der Waals surface area contributed by atoms with E-state index in [1.807, 2.05) is 26.0 Å². The lowest BCUT2D eigenvalue weighted by atomic mass is 9.98. The van der Waals surface area contributed by atoms with Crippen LogP contribution in [0.5, 0.6) is 5.75 Å². The molecule has 0 amide bonds. The van der Waals surface area contributed by atoms with E-state index in [4.69, 9.17) is 14.2 Å². The number of fused-ring (bicyclic) bond motifs is 1. The number of hydrogen-bond donors (Lipinski definition) is 0. The highest BCUT2D eigenvalue weighted by Gasteiger charge is 2.32. The molecule has 1 aromatic rings. The van der Waals surface area contributed by atoms with Gasteiger partial charge in [-0.25, -0.2) is 4.79 Å². The molecule has 24 heavy (non-hydrogen) atoms. The van der Waals surface area contributed by atoms with Crippen molar-refractivity contribution in [2.45, 2.75) is 32.5 Å². The predicted octanol–water partition coefficient (Wildman–Crippen LogP) is 4.30. The van der Waals surface area contributed by atoms with Gasteiger partial charge in [0.05, 0.1) is 5.69 Å². The Balaban J connectivity index is 1.73. The average molecular weight is 325 g/mol. The molecular formula is C19H19NO4. The molecule has 0 radical (unpaired) electrons. The molecule has 1 aromatic carbocycles. The van der Waals surface area contributed by atoms with Gasteiger partial charge in [0.25, 0.3) is 0 Å². The van der Waals surface area contributed by atoms with Gasteiger partial charge in [-0.3, -0.25) is 0 Å². The van der Waals surface area contributed by atoms with E-state index >= 15 is 0 Å². The molecule has 1 atom stereocenters. The number of hydrogen-bond acceptors (Lipinski definition) is 5. The number of nitrogens with zero attached hydrogens (tertiary/aromatic N) is 1. The Kier molecular flexibility index (Phi) is 4.65. The lowest BCUT2D eigenvalue weighted by Crippen LogP contribution is -2.34. The number of rotatable bonds is 5. The Labute approximate surface area is 140 Å². The molecule has 0 fully saturated rings. The zero-order valence-corrected chi connectivity index (χ0v) is 13.7. The van der Waals surface area contributed by atoms with Crippen LogP contribution in [0.25, 0.3) is 0 Å². The van der Waals surface area contributed by atoms with Crippen molar-refractivity contribution in [2.75, 3.05) is 6.61 Å². The smallest absolute Gasteiger partial charge is 0.240 e. The summed E-state index contributed by atoms with van der Waals surface area (Å²) < 4.78 is 17.6. The fourth-order valence-electron chi connectivity index (χ4n) is 2.70. The number of aliphatic imine (C=N–C) groups is 1. The van der Waals surface area contributed by atoms with Crippen LogP contribution < -0.4 is 4.74 Å². The first kappa shape index (κ1) is 16.2. The maximum atomic E-state index is 10.2. The van der Waals surface area contributed by atoms with Crippen molar-refractivity contribution in [3.05, 3.63) is 59.6 Å². The van der Waals surface area contributed by atoms with Crippen LogP contribution in [-0.4, -0.2) is 18.5 Å². The lowest BCUT2D eigenvalue weighted by molar-refractivity contribution is -0.200. The van der Waals surface area contributed by atoms with Crippen LogP contribution in [0.3, 0.4) is 0 Å². The average Bonchev–Trinajstić information content (AvgIpc) is 2.56. The zero-order valence-electron chi connectivity index (χ0n) is 13.7. The van der Waals surface area contributed by atoms with Crippen LogP contribution in [0.4, 0.5) is 5.69 Å². The minimum atomic E-state index is -0.624. The number of benzene rings is 1. The van der Waals surface area contributed by atoms with Gasteiger partial charge >= 0.3 is 0 Å². The highest BCUT2D eigenvalue weighted by Crippen LogP contribution is 2.36. The Hall–Kier alpha value is -2.62. The zero-order chi connectivity index (χ0) is 17.0. The molecule has 1 aliphatic carbocycles. The van der Waals surface area contributed by atoms with Crippen LogP contribution in [0, 0.1) is 0 Å². The first-order chi connectivity index (χ1) is 11.6. The predicted molar refractivity (Wildman–Crippen MR) is 89.5 cm³/mol. The number of isocyanates is 1. The van der Waals surface area contributed by atoms with E-state index in [-0.39, 0.29) is 0 Å². The number of carbonyl (C=O) groups excluding carboxylic acids is 1. The second kappa shape index (κ2) is 6.87. The summed E-state index contributed by atoms with van der Waals surface area (Å²) in [6.45, 7) is 4.49. The highest BCUT2D eigenvalue weighted by atomic mass is 16.7. The first-order valence-corrected chi connectivity index (χ1v) is 7.92. The monoisotopic (exact) mass is 325 g/mol. The number of allylic oxidation sites excluding steroid dienone is 3. The molecule has 5 nitrogen and oxygen atoms in total. The Morgan fingerprint density at radius 1 is 1.29 bits per heavy atom. The van der Waals surface area contributed by atoms with Gasteiger partial charge < -0.3 is 14.2 Å². The summed E-state index contributed by atoms with van der Waals surface area (Å²) in [6, 6.07) is 6.91. The second-order valence-electron chi connectivity index (χ2n) is 5.72.